The molecule has 0 unspecified atom stereocenters. The standard InChI is InChI=1S/C19H18N4O3/c1-11-3-7-13(8-4-11)20-16(21-14-9-5-12(2)6-10-14)15-17(24)22-19(26)23-18(15)25/h3-10H,1-2H3,(H,20,21)(H3,22,23,24,25,26). The molecule has 0 radical (unpaired) electrons. The van der Waals surface area contributed by atoms with E-state index in [-0.39, 0.29) is 11.4 Å². The number of hydrogen-bond acceptors (Lipinski definition) is 4. The molecule has 0 atom stereocenters. The minimum absolute atomic E-state index is 0.118. The molecule has 0 saturated heterocycles. The van der Waals surface area contributed by atoms with Crippen molar-refractivity contribution in [2.45, 2.75) is 13.8 Å². The normalized spacial score (nSPS) is 11.4. The zero-order chi connectivity index (χ0) is 18.7. The lowest BCUT2D eigenvalue weighted by Gasteiger charge is -2.11. The number of aromatic amines is 2. The Labute approximate surface area is 149 Å². The van der Waals surface area contributed by atoms with Crippen LogP contribution in [0.5, 0.6) is 5.88 Å². The van der Waals surface area contributed by atoms with Crippen molar-refractivity contribution in [1.29, 1.82) is 0 Å². The van der Waals surface area contributed by atoms with Gasteiger partial charge in [-0.1, -0.05) is 35.4 Å². The molecule has 0 fully saturated rings. The summed E-state index contributed by atoms with van der Waals surface area (Å²) in [6.45, 7) is 3.92. The lowest BCUT2D eigenvalue weighted by atomic mass is 10.2. The molecule has 132 valence electrons. The third kappa shape index (κ3) is 3.89. The summed E-state index contributed by atoms with van der Waals surface area (Å²) in [6, 6.07) is 14.8. The van der Waals surface area contributed by atoms with Gasteiger partial charge < -0.3 is 10.4 Å². The Hall–Kier alpha value is -3.61. The molecule has 0 aliphatic carbocycles. The summed E-state index contributed by atoms with van der Waals surface area (Å²) in [5.74, 6) is -0.433. The summed E-state index contributed by atoms with van der Waals surface area (Å²) >= 11 is 0. The SMILES string of the molecule is Cc1ccc(N=C(Nc2ccc(C)cc2)c2c(O)[nH]c(=O)[nH]c2=O)cc1. The third-order valence-electron chi connectivity index (χ3n) is 3.75. The van der Waals surface area contributed by atoms with Gasteiger partial charge in [-0.3, -0.25) is 14.8 Å². The fourth-order valence-electron chi connectivity index (χ4n) is 2.36. The Kier molecular flexibility index (Phi) is 4.70. The molecule has 7 nitrogen and oxygen atoms in total. The second kappa shape index (κ2) is 7.10. The Bertz CT molecular complexity index is 1060. The molecule has 1 aromatic heterocycles. The van der Waals surface area contributed by atoms with E-state index in [1.165, 1.54) is 0 Å². The van der Waals surface area contributed by atoms with Gasteiger partial charge in [0.25, 0.3) is 5.56 Å². The van der Waals surface area contributed by atoms with Crippen LogP contribution < -0.4 is 16.6 Å². The molecule has 1 heterocycles. The predicted octanol–water partition coefficient (Wildman–Crippen LogP) is 2.58. The maximum Gasteiger partial charge on any atom is 0.328 e. The van der Waals surface area contributed by atoms with Crippen LogP contribution in [0.1, 0.15) is 16.7 Å². The van der Waals surface area contributed by atoms with E-state index in [0.29, 0.717) is 11.4 Å². The minimum Gasteiger partial charge on any atom is -0.494 e. The summed E-state index contributed by atoms with van der Waals surface area (Å²) in [7, 11) is 0. The zero-order valence-electron chi connectivity index (χ0n) is 14.3. The van der Waals surface area contributed by atoms with E-state index >= 15 is 0 Å². The van der Waals surface area contributed by atoms with Crippen LogP contribution in [0.25, 0.3) is 0 Å². The van der Waals surface area contributed by atoms with Crippen molar-refractivity contribution >= 4 is 17.2 Å². The number of aryl methyl sites for hydroxylation is 2. The van der Waals surface area contributed by atoms with Crippen LogP contribution in [0.3, 0.4) is 0 Å². The van der Waals surface area contributed by atoms with E-state index in [4.69, 9.17) is 0 Å². The predicted molar refractivity (Wildman–Crippen MR) is 102 cm³/mol. The largest absolute Gasteiger partial charge is 0.494 e. The monoisotopic (exact) mass is 350 g/mol. The third-order valence-corrected chi connectivity index (χ3v) is 3.75. The lowest BCUT2D eigenvalue weighted by Crippen LogP contribution is -2.30. The van der Waals surface area contributed by atoms with Gasteiger partial charge in [0.15, 0.2) is 0 Å². The van der Waals surface area contributed by atoms with Crippen LogP contribution in [0.2, 0.25) is 0 Å². The molecule has 2 aromatic carbocycles. The molecular weight excluding hydrogens is 332 g/mol. The summed E-state index contributed by atoms with van der Waals surface area (Å²) in [5.41, 5.74) is 1.75. The minimum atomic E-state index is -0.790. The second-order valence-electron chi connectivity index (χ2n) is 5.92. The number of aliphatic imine (C=N–C) groups is 1. The molecule has 0 amide bonds. The summed E-state index contributed by atoms with van der Waals surface area (Å²) in [4.78, 5) is 32.3. The topological polar surface area (TPSA) is 110 Å². The van der Waals surface area contributed by atoms with E-state index in [1.54, 1.807) is 12.1 Å². The molecule has 4 N–H and O–H groups in total. The number of aromatic nitrogens is 2. The molecule has 3 rings (SSSR count). The number of nitrogens with zero attached hydrogens (tertiary/aromatic N) is 1. The molecule has 7 heteroatoms. The van der Waals surface area contributed by atoms with Crippen molar-refractivity contribution in [2.24, 2.45) is 4.99 Å². The van der Waals surface area contributed by atoms with E-state index in [0.717, 1.165) is 11.1 Å². The average Bonchev–Trinajstić information content (AvgIpc) is 2.58. The highest BCUT2D eigenvalue weighted by atomic mass is 16.3. The van der Waals surface area contributed by atoms with Crippen molar-refractivity contribution in [3.8, 4) is 5.88 Å². The molecular formula is C19H18N4O3. The molecule has 0 saturated carbocycles. The Balaban J connectivity index is 2.12. The fraction of sp³-hybridized carbons (Fsp3) is 0.105. The van der Waals surface area contributed by atoms with Gasteiger partial charge in [0, 0.05) is 5.69 Å². The molecule has 3 aromatic rings. The first-order valence-corrected chi connectivity index (χ1v) is 7.97. The van der Waals surface area contributed by atoms with E-state index in [1.807, 2.05) is 50.2 Å². The van der Waals surface area contributed by atoms with Gasteiger partial charge in [0.2, 0.25) is 5.88 Å². The number of benzene rings is 2. The Morgan fingerprint density at radius 3 is 2.08 bits per heavy atom. The molecule has 0 bridgehead atoms. The molecule has 0 aliphatic heterocycles. The van der Waals surface area contributed by atoms with Crippen molar-refractivity contribution in [3.05, 3.63) is 86.1 Å². The number of rotatable bonds is 3. The van der Waals surface area contributed by atoms with Crippen molar-refractivity contribution in [1.82, 2.24) is 9.97 Å². The Morgan fingerprint density at radius 2 is 1.50 bits per heavy atom. The highest BCUT2D eigenvalue weighted by molar-refractivity contribution is 6.10. The maximum atomic E-state index is 12.2. The number of amidine groups is 1. The van der Waals surface area contributed by atoms with Crippen molar-refractivity contribution in [2.75, 3.05) is 5.32 Å². The van der Waals surface area contributed by atoms with Crippen LogP contribution in [-0.4, -0.2) is 20.9 Å². The van der Waals surface area contributed by atoms with Gasteiger partial charge in [-0.05, 0) is 38.1 Å². The van der Waals surface area contributed by atoms with E-state index in [2.05, 4.69) is 20.3 Å². The molecule has 26 heavy (non-hydrogen) atoms. The van der Waals surface area contributed by atoms with E-state index < -0.39 is 17.1 Å². The maximum absolute atomic E-state index is 12.2. The van der Waals surface area contributed by atoms with Crippen molar-refractivity contribution < 1.29 is 5.11 Å². The molecule has 0 aliphatic rings. The first-order chi connectivity index (χ1) is 12.4. The highest BCUT2D eigenvalue weighted by Gasteiger charge is 2.16. The zero-order valence-corrected chi connectivity index (χ0v) is 14.3. The van der Waals surface area contributed by atoms with Crippen LogP contribution in [0.15, 0.2) is 63.1 Å². The van der Waals surface area contributed by atoms with Crippen LogP contribution >= 0.6 is 0 Å². The molecule has 0 spiro atoms. The van der Waals surface area contributed by atoms with Crippen LogP contribution in [-0.2, 0) is 0 Å². The number of aromatic hydroxyl groups is 1. The number of hydrogen-bond donors (Lipinski definition) is 4. The van der Waals surface area contributed by atoms with Crippen LogP contribution in [0.4, 0.5) is 11.4 Å². The fourth-order valence-corrected chi connectivity index (χ4v) is 2.36. The lowest BCUT2D eigenvalue weighted by molar-refractivity contribution is 0.447. The number of anilines is 1. The second-order valence-corrected chi connectivity index (χ2v) is 5.92. The first kappa shape index (κ1) is 17.2. The van der Waals surface area contributed by atoms with E-state index in [9.17, 15) is 14.7 Å². The van der Waals surface area contributed by atoms with Gasteiger partial charge in [-0.2, -0.15) is 0 Å². The summed E-state index contributed by atoms with van der Waals surface area (Å²) in [5, 5.41) is 13.1. The van der Waals surface area contributed by atoms with Gasteiger partial charge in [-0.15, -0.1) is 0 Å². The van der Waals surface area contributed by atoms with Gasteiger partial charge >= 0.3 is 5.69 Å². The highest BCUT2D eigenvalue weighted by Crippen LogP contribution is 2.18. The summed E-state index contributed by atoms with van der Waals surface area (Å²) < 4.78 is 0. The van der Waals surface area contributed by atoms with Gasteiger partial charge in [0.05, 0.1) is 5.69 Å². The first-order valence-electron chi connectivity index (χ1n) is 7.97. The van der Waals surface area contributed by atoms with Crippen LogP contribution in [0, 0.1) is 13.8 Å². The number of nitrogens with one attached hydrogen (secondary N) is 3. The van der Waals surface area contributed by atoms with Gasteiger partial charge in [-0.25, -0.2) is 9.79 Å². The average molecular weight is 350 g/mol. The van der Waals surface area contributed by atoms with Gasteiger partial charge in [0.1, 0.15) is 11.4 Å². The quantitative estimate of drug-likeness (QED) is 0.430. The Morgan fingerprint density at radius 1 is 0.923 bits per heavy atom. The summed E-state index contributed by atoms with van der Waals surface area (Å²) in [6.07, 6.45) is 0. The smallest absolute Gasteiger partial charge is 0.328 e. The van der Waals surface area contributed by atoms with Crippen molar-refractivity contribution in [3.63, 3.8) is 0 Å². The number of H-pyrrole nitrogens is 2.